The standard InChI is InChI=1S/C33H34N8O/c1-7-30(42)37-28-17-23(9-8-21(28)2)31-26-16-24(27-20-36-41(6)29(27)18-34)19-35-33(26)38-32(31)22-10-12-25(13-11-22)40(5)15-14-39(3)4/h7-13,16-17,19-20H,1,14-15H2,2-6H3,(H,35,38)(H,37,42). The number of anilines is 2. The van der Waals surface area contributed by atoms with Gasteiger partial charge in [-0.05, 0) is 68.1 Å². The van der Waals surface area contributed by atoms with Crippen LogP contribution in [0.25, 0.3) is 44.5 Å². The average Bonchev–Trinajstić information content (AvgIpc) is 3.56. The van der Waals surface area contributed by atoms with E-state index in [2.05, 4.69) is 83.3 Å². The number of amides is 1. The Morgan fingerprint density at radius 3 is 2.50 bits per heavy atom. The smallest absolute Gasteiger partial charge is 0.247 e. The van der Waals surface area contributed by atoms with Crippen LogP contribution in [0.5, 0.6) is 0 Å². The molecule has 0 spiro atoms. The van der Waals surface area contributed by atoms with Crippen LogP contribution in [0.2, 0.25) is 0 Å². The summed E-state index contributed by atoms with van der Waals surface area (Å²) in [6.45, 7) is 7.41. The highest BCUT2D eigenvalue weighted by molar-refractivity contribution is 6.05. The fourth-order valence-corrected chi connectivity index (χ4v) is 4.97. The zero-order valence-electron chi connectivity index (χ0n) is 24.6. The van der Waals surface area contributed by atoms with Crippen LogP contribution in [-0.2, 0) is 11.8 Å². The van der Waals surface area contributed by atoms with Gasteiger partial charge in [0.2, 0.25) is 5.91 Å². The number of aryl methyl sites for hydroxylation is 2. The highest BCUT2D eigenvalue weighted by Crippen LogP contribution is 2.41. The fourth-order valence-electron chi connectivity index (χ4n) is 4.97. The van der Waals surface area contributed by atoms with Crippen molar-refractivity contribution in [1.82, 2.24) is 24.6 Å². The predicted octanol–water partition coefficient (Wildman–Crippen LogP) is 5.60. The topological polar surface area (TPSA) is 106 Å². The molecule has 0 saturated heterocycles. The van der Waals surface area contributed by atoms with Crippen LogP contribution in [0, 0.1) is 18.3 Å². The largest absolute Gasteiger partial charge is 0.373 e. The molecule has 3 aromatic heterocycles. The van der Waals surface area contributed by atoms with Gasteiger partial charge >= 0.3 is 0 Å². The van der Waals surface area contributed by atoms with Crippen molar-refractivity contribution in [2.45, 2.75) is 6.92 Å². The summed E-state index contributed by atoms with van der Waals surface area (Å²) in [4.78, 5) is 24.9. The van der Waals surface area contributed by atoms with E-state index in [1.54, 1.807) is 24.1 Å². The van der Waals surface area contributed by atoms with Crippen LogP contribution in [-0.4, -0.2) is 64.8 Å². The number of carbonyl (C=O) groups is 1. The molecular formula is C33H34N8O. The second kappa shape index (κ2) is 11.7. The number of aromatic amines is 1. The van der Waals surface area contributed by atoms with Crippen molar-refractivity contribution >= 4 is 28.3 Å². The van der Waals surface area contributed by atoms with Crippen molar-refractivity contribution < 1.29 is 4.79 Å². The van der Waals surface area contributed by atoms with Crippen molar-refractivity contribution in [1.29, 1.82) is 5.26 Å². The zero-order chi connectivity index (χ0) is 30.0. The number of pyridine rings is 1. The van der Waals surface area contributed by atoms with Crippen molar-refractivity contribution in [3.05, 3.63) is 84.8 Å². The SMILES string of the molecule is C=CC(=O)Nc1cc(-c2c(-c3ccc(N(C)CCN(C)C)cc3)[nH]c3ncc(-c4cnn(C)c4C#N)cc23)ccc1C. The van der Waals surface area contributed by atoms with Gasteiger partial charge < -0.3 is 20.1 Å². The van der Waals surface area contributed by atoms with Crippen LogP contribution >= 0.6 is 0 Å². The Labute approximate surface area is 245 Å². The molecular weight excluding hydrogens is 524 g/mol. The second-order valence-electron chi connectivity index (χ2n) is 10.6. The zero-order valence-corrected chi connectivity index (χ0v) is 24.6. The van der Waals surface area contributed by atoms with E-state index in [-0.39, 0.29) is 5.91 Å². The lowest BCUT2D eigenvalue weighted by Crippen LogP contribution is -2.28. The highest BCUT2D eigenvalue weighted by Gasteiger charge is 2.20. The molecule has 0 radical (unpaired) electrons. The number of H-pyrrole nitrogens is 1. The Balaban J connectivity index is 1.67. The van der Waals surface area contributed by atoms with Crippen LogP contribution in [0.15, 0.2) is 73.6 Å². The summed E-state index contributed by atoms with van der Waals surface area (Å²) in [5.41, 5.74) is 9.25. The lowest BCUT2D eigenvalue weighted by Gasteiger charge is -2.21. The summed E-state index contributed by atoms with van der Waals surface area (Å²) >= 11 is 0. The molecule has 212 valence electrons. The molecule has 9 heteroatoms. The Morgan fingerprint density at radius 1 is 1.07 bits per heavy atom. The molecule has 0 aliphatic heterocycles. The molecule has 5 aromatic rings. The van der Waals surface area contributed by atoms with Gasteiger partial charge in [-0.3, -0.25) is 9.48 Å². The number of nitriles is 1. The lowest BCUT2D eigenvalue weighted by atomic mass is 9.96. The molecule has 9 nitrogen and oxygen atoms in total. The number of hydrogen-bond donors (Lipinski definition) is 2. The Kier molecular flexibility index (Phi) is 7.91. The molecule has 42 heavy (non-hydrogen) atoms. The van der Waals surface area contributed by atoms with Gasteiger partial charge in [0.15, 0.2) is 0 Å². The molecule has 0 unspecified atom stereocenters. The molecule has 2 N–H and O–H groups in total. The number of benzene rings is 2. The minimum atomic E-state index is -0.270. The number of rotatable bonds is 9. The summed E-state index contributed by atoms with van der Waals surface area (Å²) in [7, 11) is 7.99. The molecule has 0 aliphatic carbocycles. The van der Waals surface area contributed by atoms with E-state index < -0.39 is 0 Å². The molecule has 2 aromatic carbocycles. The first-order valence-corrected chi connectivity index (χ1v) is 13.6. The van der Waals surface area contributed by atoms with Gasteiger partial charge in [-0.1, -0.05) is 30.8 Å². The Hall–Kier alpha value is -5.20. The van der Waals surface area contributed by atoms with E-state index in [0.29, 0.717) is 11.4 Å². The van der Waals surface area contributed by atoms with Crippen molar-refractivity contribution in [3.8, 4) is 39.6 Å². The van der Waals surface area contributed by atoms with Crippen LogP contribution < -0.4 is 10.2 Å². The van der Waals surface area contributed by atoms with Gasteiger partial charge in [-0.15, -0.1) is 0 Å². The van der Waals surface area contributed by atoms with Crippen LogP contribution in [0.4, 0.5) is 11.4 Å². The van der Waals surface area contributed by atoms with Crippen LogP contribution in [0.3, 0.4) is 0 Å². The predicted molar refractivity (Wildman–Crippen MR) is 169 cm³/mol. The molecule has 0 saturated carbocycles. The number of carbonyl (C=O) groups excluding carboxylic acids is 1. The number of aromatic nitrogens is 4. The maximum absolute atomic E-state index is 12.2. The number of nitrogens with one attached hydrogen (secondary N) is 2. The quantitative estimate of drug-likeness (QED) is 0.228. The average molecular weight is 559 g/mol. The van der Waals surface area contributed by atoms with Gasteiger partial charge in [-0.25, -0.2) is 4.98 Å². The molecule has 5 rings (SSSR count). The summed E-state index contributed by atoms with van der Waals surface area (Å²) < 4.78 is 1.56. The third-order valence-corrected chi connectivity index (χ3v) is 7.45. The van der Waals surface area contributed by atoms with Crippen LogP contribution in [0.1, 0.15) is 11.3 Å². The van der Waals surface area contributed by atoms with E-state index in [1.165, 1.54) is 6.08 Å². The lowest BCUT2D eigenvalue weighted by molar-refractivity contribution is -0.111. The van der Waals surface area contributed by atoms with E-state index >= 15 is 0 Å². The summed E-state index contributed by atoms with van der Waals surface area (Å²) in [6, 6.07) is 18.8. The minimum Gasteiger partial charge on any atom is -0.373 e. The van der Waals surface area contributed by atoms with Gasteiger partial charge in [0.1, 0.15) is 17.4 Å². The minimum absolute atomic E-state index is 0.270. The number of likely N-dealkylation sites (N-methyl/N-ethyl adjacent to an activating group) is 2. The molecule has 3 heterocycles. The van der Waals surface area contributed by atoms with Crippen molar-refractivity contribution in [2.24, 2.45) is 7.05 Å². The van der Waals surface area contributed by atoms with Crippen molar-refractivity contribution in [3.63, 3.8) is 0 Å². The number of nitrogens with zero attached hydrogens (tertiary/aromatic N) is 6. The Morgan fingerprint density at radius 2 is 1.81 bits per heavy atom. The third-order valence-electron chi connectivity index (χ3n) is 7.45. The normalized spacial score (nSPS) is 11.1. The summed E-state index contributed by atoms with van der Waals surface area (Å²) in [5, 5.41) is 17.8. The molecule has 0 atom stereocenters. The van der Waals surface area contributed by atoms with E-state index in [9.17, 15) is 10.1 Å². The first-order chi connectivity index (χ1) is 20.2. The van der Waals surface area contributed by atoms with E-state index in [0.717, 1.165) is 68.9 Å². The first kappa shape index (κ1) is 28.3. The van der Waals surface area contributed by atoms with Gasteiger partial charge in [0, 0.05) is 66.8 Å². The monoisotopic (exact) mass is 558 g/mol. The maximum atomic E-state index is 12.2. The molecule has 0 bridgehead atoms. The van der Waals surface area contributed by atoms with Gasteiger partial charge in [0.25, 0.3) is 0 Å². The summed E-state index contributed by atoms with van der Waals surface area (Å²) in [6.07, 6.45) is 4.71. The number of fused-ring (bicyclic) bond motifs is 1. The first-order valence-electron chi connectivity index (χ1n) is 13.6. The fraction of sp³-hybridized carbons (Fsp3) is 0.212. The number of hydrogen-bond acceptors (Lipinski definition) is 6. The maximum Gasteiger partial charge on any atom is 0.247 e. The molecule has 0 aliphatic rings. The van der Waals surface area contributed by atoms with Crippen molar-refractivity contribution in [2.75, 3.05) is 44.4 Å². The molecule has 0 fully saturated rings. The van der Waals surface area contributed by atoms with E-state index in [4.69, 9.17) is 4.98 Å². The van der Waals surface area contributed by atoms with E-state index in [1.807, 2.05) is 31.2 Å². The second-order valence-corrected chi connectivity index (χ2v) is 10.6. The third kappa shape index (κ3) is 5.53. The summed E-state index contributed by atoms with van der Waals surface area (Å²) in [5.74, 6) is -0.270. The molecule has 1 amide bonds. The highest BCUT2D eigenvalue weighted by atomic mass is 16.1. The van der Waals surface area contributed by atoms with Gasteiger partial charge in [-0.2, -0.15) is 10.4 Å². The Bertz CT molecular complexity index is 1820. The van der Waals surface area contributed by atoms with Gasteiger partial charge in [0.05, 0.1) is 11.9 Å².